The van der Waals surface area contributed by atoms with E-state index in [4.69, 9.17) is 0 Å². The van der Waals surface area contributed by atoms with Crippen LogP contribution in [0.3, 0.4) is 0 Å². The first kappa shape index (κ1) is 27.2. The van der Waals surface area contributed by atoms with Crippen molar-refractivity contribution in [3.63, 3.8) is 0 Å². The van der Waals surface area contributed by atoms with Crippen LogP contribution in [0.25, 0.3) is 22.4 Å². The highest BCUT2D eigenvalue weighted by Crippen LogP contribution is 2.34. The van der Waals surface area contributed by atoms with Crippen LogP contribution in [0.5, 0.6) is 5.75 Å². The minimum atomic E-state index is -4.67. The minimum Gasteiger partial charge on any atom is -0.508 e. The molecular weight excluding hydrogens is 509 g/mol. The van der Waals surface area contributed by atoms with Crippen LogP contribution < -0.4 is 5.32 Å². The van der Waals surface area contributed by atoms with Gasteiger partial charge >= 0.3 is 6.18 Å². The maximum Gasteiger partial charge on any atom is 0.433 e. The van der Waals surface area contributed by atoms with Gasteiger partial charge in [0, 0.05) is 23.5 Å². The number of hydrogen-bond donors (Lipinski definition) is 2. The molecule has 2 N–H and O–H groups in total. The zero-order chi connectivity index (χ0) is 28.0. The first-order valence-electron chi connectivity index (χ1n) is 12.0. The van der Waals surface area contributed by atoms with Gasteiger partial charge in [-0.2, -0.15) is 23.4 Å². The first-order valence-corrected chi connectivity index (χ1v) is 12.0. The Morgan fingerprint density at radius 1 is 1.08 bits per heavy atom. The molecule has 0 aliphatic carbocycles. The third-order valence-electron chi connectivity index (χ3n) is 5.61. The molecule has 1 amide bonds. The molecule has 0 saturated carbocycles. The highest BCUT2D eigenvalue weighted by Gasteiger charge is 2.37. The van der Waals surface area contributed by atoms with Gasteiger partial charge in [-0.1, -0.05) is 31.2 Å². The Morgan fingerprint density at radius 2 is 1.79 bits per heavy atom. The molecule has 1 unspecified atom stereocenters. The van der Waals surface area contributed by atoms with Crippen LogP contribution >= 0.6 is 0 Å². The van der Waals surface area contributed by atoms with E-state index in [1.54, 1.807) is 66.7 Å². The maximum absolute atomic E-state index is 13.8. The van der Waals surface area contributed by atoms with E-state index in [2.05, 4.69) is 25.6 Å². The Kier molecular flexibility index (Phi) is 8.18. The number of hydrogen-bond acceptors (Lipinski definition) is 6. The van der Waals surface area contributed by atoms with Crippen molar-refractivity contribution in [2.45, 2.75) is 32.6 Å². The molecule has 0 aliphatic rings. The van der Waals surface area contributed by atoms with E-state index in [0.717, 1.165) is 21.9 Å². The van der Waals surface area contributed by atoms with Crippen LogP contribution in [-0.4, -0.2) is 25.8 Å². The number of amides is 1. The van der Waals surface area contributed by atoms with Crippen LogP contribution in [0.4, 0.5) is 13.2 Å². The lowest BCUT2D eigenvalue weighted by atomic mass is 10.0. The molecule has 0 spiro atoms. The van der Waals surface area contributed by atoms with Gasteiger partial charge in [0.1, 0.15) is 11.4 Å². The Labute approximate surface area is 222 Å². The van der Waals surface area contributed by atoms with Crippen LogP contribution in [0.15, 0.2) is 101 Å². The molecule has 2 heterocycles. The number of aromatic nitrogens is 3. The fraction of sp³-hybridized carbons (Fsp3) is 0.179. The van der Waals surface area contributed by atoms with Gasteiger partial charge in [0.05, 0.1) is 5.69 Å². The molecule has 39 heavy (non-hydrogen) atoms. The van der Waals surface area contributed by atoms with E-state index in [0.29, 0.717) is 17.5 Å². The summed E-state index contributed by atoms with van der Waals surface area (Å²) < 4.78 is 42.0. The van der Waals surface area contributed by atoms with Gasteiger partial charge in [-0.3, -0.25) is 9.78 Å². The molecule has 0 bridgehead atoms. The second-order valence-corrected chi connectivity index (χ2v) is 8.53. The largest absolute Gasteiger partial charge is 0.508 e. The number of carbonyl (C=O) groups excluding carboxylic acids is 1. The predicted molar refractivity (Wildman–Crippen MR) is 139 cm³/mol. The second-order valence-electron chi connectivity index (χ2n) is 8.53. The summed E-state index contributed by atoms with van der Waals surface area (Å²) in [6.07, 6.45) is -0.769. The Bertz CT molecular complexity index is 1510. The molecule has 8 nitrogen and oxygen atoms in total. The number of allylic oxidation sites excluding steroid dienone is 1. The van der Waals surface area contributed by atoms with Crippen molar-refractivity contribution < 1.29 is 23.1 Å². The summed E-state index contributed by atoms with van der Waals surface area (Å²) >= 11 is 0. The number of alkyl halides is 3. The predicted octanol–water partition coefficient (Wildman–Crippen LogP) is 6.99. The third kappa shape index (κ3) is 6.75. The van der Waals surface area contributed by atoms with Crippen molar-refractivity contribution in [3.05, 3.63) is 102 Å². The highest BCUT2D eigenvalue weighted by atomic mass is 19.4. The van der Waals surface area contributed by atoms with Crippen molar-refractivity contribution in [1.82, 2.24) is 20.1 Å². The molecule has 0 saturated heterocycles. The number of nitrogens with zero attached hydrogens (tertiary/aromatic N) is 5. The monoisotopic (exact) mass is 534 g/mol. The zero-order valence-electron chi connectivity index (χ0n) is 21.1. The third-order valence-corrected chi connectivity index (χ3v) is 5.61. The van der Waals surface area contributed by atoms with E-state index >= 15 is 0 Å². The number of phenolic OH excluding ortho intramolecular Hbond substituents is 1. The average molecular weight is 535 g/mol. The molecule has 2 aromatic carbocycles. The Balaban J connectivity index is 1.55. The summed E-state index contributed by atoms with van der Waals surface area (Å²) in [5.41, 5.74) is 1.32. The van der Waals surface area contributed by atoms with Crippen LogP contribution in [-0.2, 0) is 6.18 Å². The SMILES string of the molecule is CC/C=C(\N=N/C(C)n1nc(-c2cccnc2)cc1C(F)(F)F)NC(=O)c1cccc(-c2cccc(O)c2)c1. The molecule has 1 atom stereocenters. The molecule has 4 aromatic rings. The van der Waals surface area contributed by atoms with Crippen molar-refractivity contribution in [2.75, 3.05) is 0 Å². The van der Waals surface area contributed by atoms with Crippen molar-refractivity contribution >= 4 is 5.91 Å². The summed E-state index contributed by atoms with van der Waals surface area (Å²) in [4.78, 5) is 16.9. The molecule has 4 rings (SSSR count). The summed E-state index contributed by atoms with van der Waals surface area (Å²) in [5, 5.41) is 24.6. The van der Waals surface area contributed by atoms with E-state index in [-0.39, 0.29) is 17.3 Å². The number of halogens is 3. The van der Waals surface area contributed by atoms with Gasteiger partial charge < -0.3 is 10.4 Å². The summed E-state index contributed by atoms with van der Waals surface area (Å²) in [7, 11) is 0. The lowest BCUT2D eigenvalue weighted by Crippen LogP contribution is -2.22. The fourth-order valence-corrected chi connectivity index (χ4v) is 3.77. The number of nitrogens with one attached hydrogen (secondary N) is 1. The number of pyridine rings is 1. The quantitative estimate of drug-likeness (QED) is 0.238. The maximum atomic E-state index is 13.8. The number of carbonyl (C=O) groups is 1. The molecular formula is C28H25F3N6O2. The smallest absolute Gasteiger partial charge is 0.433 e. The van der Waals surface area contributed by atoms with E-state index < -0.39 is 23.9 Å². The second kappa shape index (κ2) is 11.7. The molecule has 0 aliphatic heterocycles. The number of aromatic hydroxyl groups is 1. The van der Waals surface area contributed by atoms with Crippen LogP contribution in [0, 0.1) is 0 Å². The lowest BCUT2D eigenvalue weighted by molar-refractivity contribution is -0.144. The fourth-order valence-electron chi connectivity index (χ4n) is 3.77. The van der Waals surface area contributed by atoms with E-state index in [1.807, 2.05) is 6.92 Å². The number of rotatable bonds is 8. The summed E-state index contributed by atoms with van der Waals surface area (Å²) in [6, 6.07) is 17.6. The number of azo groups is 1. The molecule has 0 radical (unpaired) electrons. The number of benzene rings is 2. The zero-order valence-corrected chi connectivity index (χ0v) is 21.1. The van der Waals surface area contributed by atoms with Crippen LogP contribution in [0.2, 0.25) is 0 Å². The normalized spacial score (nSPS) is 13.0. The highest BCUT2D eigenvalue weighted by molar-refractivity contribution is 5.96. The van der Waals surface area contributed by atoms with Crippen molar-refractivity contribution in [1.29, 1.82) is 0 Å². The van der Waals surface area contributed by atoms with Gasteiger partial charge in [-0.15, -0.1) is 5.11 Å². The summed E-state index contributed by atoms with van der Waals surface area (Å²) in [5.74, 6) is -0.286. The lowest BCUT2D eigenvalue weighted by Gasteiger charge is -2.13. The number of phenols is 1. The first-order chi connectivity index (χ1) is 18.7. The molecule has 2 aromatic heterocycles. The minimum absolute atomic E-state index is 0.0882. The van der Waals surface area contributed by atoms with Gasteiger partial charge in [0.2, 0.25) is 0 Å². The standard InChI is InChI=1S/C28H25F3N6O2/c1-3-7-26(33-27(39)21-10-4-8-19(14-21)20-9-5-12-23(38)15-20)35-34-18(2)37-25(28(29,30)31)16-24(36-37)22-11-6-13-32-17-22/h4-18,38H,3H2,1-2H3,(H,33,39)/b26-7-,35-34-. The van der Waals surface area contributed by atoms with Gasteiger partial charge in [0.15, 0.2) is 12.0 Å². The van der Waals surface area contributed by atoms with E-state index in [1.165, 1.54) is 19.3 Å². The Hall–Kier alpha value is -4.80. The Morgan fingerprint density at radius 3 is 2.46 bits per heavy atom. The van der Waals surface area contributed by atoms with Gasteiger partial charge in [-0.05, 0) is 73.0 Å². The van der Waals surface area contributed by atoms with E-state index in [9.17, 15) is 23.1 Å². The van der Waals surface area contributed by atoms with Crippen molar-refractivity contribution in [3.8, 4) is 28.1 Å². The van der Waals surface area contributed by atoms with Gasteiger partial charge in [0.25, 0.3) is 5.91 Å². The summed E-state index contributed by atoms with van der Waals surface area (Å²) in [6.45, 7) is 3.24. The molecule has 0 fully saturated rings. The molecule has 11 heteroatoms. The topological polar surface area (TPSA) is 105 Å². The van der Waals surface area contributed by atoms with Crippen LogP contribution in [0.1, 0.15) is 42.5 Å². The average Bonchev–Trinajstić information content (AvgIpc) is 3.39. The van der Waals surface area contributed by atoms with Crippen molar-refractivity contribution in [2.24, 2.45) is 10.2 Å². The van der Waals surface area contributed by atoms with Gasteiger partial charge in [-0.25, -0.2) is 4.68 Å². The molecule has 200 valence electrons.